The number of aliphatic hydroxyl groups is 1. The van der Waals surface area contributed by atoms with Gasteiger partial charge in [-0.25, -0.2) is 9.59 Å². The van der Waals surface area contributed by atoms with E-state index in [0.717, 1.165) is 4.90 Å². The van der Waals surface area contributed by atoms with Gasteiger partial charge in [-0.3, -0.25) is 19.2 Å². The first-order chi connectivity index (χ1) is 21.9. The molecule has 0 bridgehead atoms. The van der Waals surface area contributed by atoms with Crippen LogP contribution in [-0.4, -0.2) is 111 Å². The first-order valence-corrected chi connectivity index (χ1v) is 13.7. The Labute approximate surface area is 266 Å². The number of hydrogen-bond acceptors (Lipinski definition) is 9. The van der Waals surface area contributed by atoms with Crippen molar-refractivity contribution in [2.75, 3.05) is 20.2 Å². The Morgan fingerprint density at radius 2 is 1.38 bits per heavy atom. The summed E-state index contributed by atoms with van der Waals surface area (Å²) >= 11 is 0. The lowest BCUT2D eigenvalue weighted by Crippen LogP contribution is -2.56. The van der Waals surface area contributed by atoms with E-state index >= 15 is 0 Å². The summed E-state index contributed by atoms with van der Waals surface area (Å²) in [6.45, 7) is 0.0758. The van der Waals surface area contributed by atoms with E-state index in [0.29, 0.717) is 11.1 Å². The maximum absolute atomic E-state index is 12.9. The quantitative estimate of drug-likeness (QED) is 0.123. The number of benzene rings is 2. The zero-order valence-corrected chi connectivity index (χ0v) is 25.2. The molecule has 0 aliphatic rings. The fourth-order valence-corrected chi connectivity index (χ4v) is 3.68. The molecular weight excluding hydrogens is 635 g/mol. The van der Waals surface area contributed by atoms with Crippen molar-refractivity contribution < 1.29 is 62.4 Å². The van der Waals surface area contributed by atoms with Crippen LogP contribution in [0.3, 0.4) is 0 Å². The SMILES string of the molecule is C[C@H](NC(=O)[C@@H](N)Cc1ccc(O)cc1)C(=O)NCC(=O)N(C)[C@@H](Cc1ccccc1)C(=O)N[C@@H](CO)C(=O)O.O=C(O)C(F)(F)F. The molecule has 0 aliphatic carbocycles. The molecule has 0 fully saturated rings. The van der Waals surface area contributed by atoms with Crippen molar-refractivity contribution in [2.45, 2.75) is 50.1 Å². The normalized spacial score (nSPS) is 13.3. The van der Waals surface area contributed by atoms with Crippen LogP contribution >= 0.6 is 0 Å². The van der Waals surface area contributed by atoms with Crippen LogP contribution in [0.5, 0.6) is 5.75 Å². The van der Waals surface area contributed by atoms with Crippen molar-refractivity contribution in [3.63, 3.8) is 0 Å². The minimum absolute atomic E-state index is 0.0476. The summed E-state index contributed by atoms with van der Waals surface area (Å²) < 4.78 is 31.7. The summed E-state index contributed by atoms with van der Waals surface area (Å²) in [6, 6.07) is 10.2. The topological polar surface area (TPSA) is 249 Å². The van der Waals surface area contributed by atoms with Crippen molar-refractivity contribution in [3.8, 4) is 5.75 Å². The third-order valence-electron chi connectivity index (χ3n) is 6.37. The van der Waals surface area contributed by atoms with Gasteiger partial charge in [-0.05, 0) is 36.6 Å². The van der Waals surface area contributed by atoms with Gasteiger partial charge in [0.15, 0.2) is 0 Å². The summed E-state index contributed by atoms with van der Waals surface area (Å²) in [5, 5.41) is 42.0. The van der Waals surface area contributed by atoms with Crippen LogP contribution in [-0.2, 0) is 41.6 Å². The van der Waals surface area contributed by atoms with Crippen LogP contribution in [0, 0.1) is 0 Å². The molecule has 0 aliphatic heterocycles. The molecule has 47 heavy (non-hydrogen) atoms. The lowest BCUT2D eigenvalue weighted by molar-refractivity contribution is -0.192. The van der Waals surface area contributed by atoms with Gasteiger partial charge in [0.2, 0.25) is 23.6 Å². The number of carboxylic acids is 2. The van der Waals surface area contributed by atoms with Crippen LogP contribution in [0.2, 0.25) is 0 Å². The van der Waals surface area contributed by atoms with Crippen molar-refractivity contribution in [3.05, 3.63) is 65.7 Å². The number of aromatic hydroxyl groups is 1. The minimum Gasteiger partial charge on any atom is -0.508 e. The molecule has 2 aromatic rings. The molecule has 15 nitrogen and oxygen atoms in total. The van der Waals surface area contributed by atoms with Crippen molar-refractivity contribution in [1.82, 2.24) is 20.9 Å². The molecule has 18 heteroatoms. The molecule has 0 radical (unpaired) electrons. The number of nitrogens with two attached hydrogens (primary N) is 1. The molecule has 0 saturated heterocycles. The van der Waals surface area contributed by atoms with E-state index in [1.54, 1.807) is 42.5 Å². The van der Waals surface area contributed by atoms with Gasteiger partial charge >= 0.3 is 18.1 Å². The number of phenolic OH excluding ortho intramolecular Hbond substituents is 1. The van der Waals surface area contributed by atoms with Gasteiger partial charge in [0.25, 0.3) is 0 Å². The number of carbonyl (C=O) groups excluding carboxylic acids is 4. The maximum atomic E-state index is 12.9. The summed E-state index contributed by atoms with van der Waals surface area (Å²) in [5.74, 6) is -6.81. The van der Waals surface area contributed by atoms with E-state index in [9.17, 15) is 47.4 Å². The van der Waals surface area contributed by atoms with E-state index < -0.39 is 79.1 Å². The van der Waals surface area contributed by atoms with Gasteiger partial charge in [0.1, 0.15) is 23.9 Å². The smallest absolute Gasteiger partial charge is 0.490 e. The number of nitrogens with one attached hydrogen (secondary N) is 3. The highest BCUT2D eigenvalue weighted by Crippen LogP contribution is 2.13. The molecule has 0 unspecified atom stereocenters. The molecule has 4 atom stereocenters. The number of phenols is 1. The van der Waals surface area contributed by atoms with E-state index in [1.807, 2.05) is 0 Å². The predicted octanol–water partition coefficient (Wildman–Crippen LogP) is -0.852. The minimum atomic E-state index is -5.08. The molecule has 9 N–H and O–H groups in total. The number of rotatable bonds is 14. The highest BCUT2D eigenvalue weighted by atomic mass is 19.4. The van der Waals surface area contributed by atoms with Gasteiger partial charge in [-0.1, -0.05) is 42.5 Å². The second-order valence-corrected chi connectivity index (χ2v) is 10.0. The van der Waals surface area contributed by atoms with Crippen molar-refractivity contribution in [1.29, 1.82) is 0 Å². The zero-order chi connectivity index (χ0) is 35.9. The number of carbonyl (C=O) groups is 6. The van der Waals surface area contributed by atoms with Crippen molar-refractivity contribution >= 4 is 35.6 Å². The number of amides is 4. The van der Waals surface area contributed by atoms with Crippen LogP contribution in [0.25, 0.3) is 0 Å². The molecule has 0 aromatic heterocycles. The summed E-state index contributed by atoms with van der Waals surface area (Å²) in [6.07, 6.45) is -4.86. The van der Waals surface area contributed by atoms with Gasteiger partial charge < -0.3 is 47.0 Å². The fraction of sp³-hybridized carbons (Fsp3) is 0.379. The highest BCUT2D eigenvalue weighted by molar-refractivity contribution is 5.94. The first kappa shape index (κ1) is 39.8. The third-order valence-corrected chi connectivity index (χ3v) is 6.37. The second-order valence-electron chi connectivity index (χ2n) is 10.0. The number of likely N-dealkylation sites (N-methyl/N-ethyl adjacent to an activating group) is 1. The standard InChI is InChI=1S/C27H35N5O8.C2HF3O2/c1-16(30-25(37)20(28)12-18-8-10-19(34)11-9-18)24(36)29-14-23(35)32(2)22(13-17-6-4-3-5-7-17)26(38)31-21(15-33)27(39)40;3-2(4,5)1(6)7/h3-11,16,20-22,33-34H,12-15,28H2,1-2H3,(H,29,36)(H,30,37)(H,31,38)(H,39,40);(H,6,7)/t16-,20-,21-,22-;/m0./s1. The van der Waals surface area contributed by atoms with Gasteiger partial charge in [0.05, 0.1) is 19.2 Å². The number of halogens is 3. The number of aliphatic hydroxyl groups excluding tert-OH is 1. The average Bonchev–Trinajstić information content (AvgIpc) is 3.01. The fourth-order valence-electron chi connectivity index (χ4n) is 3.68. The van der Waals surface area contributed by atoms with Gasteiger partial charge in [0, 0.05) is 13.5 Å². The zero-order valence-electron chi connectivity index (χ0n) is 25.2. The lowest BCUT2D eigenvalue weighted by atomic mass is 10.0. The van der Waals surface area contributed by atoms with Crippen LogP contribution < -0.4 is 21.7 Å². The van der Waals surface area contributed by atoms with E-state index in [1.165, 1.54) is 26.1 Å². The molecule has 258 valence electrons. The van der Waals surface area contributed by atoms with E-state index in [-0.39, 0.29) is 18.6 Å². The lowest BCUT2D eigenvalue weighted by Gasteiger charge is -2.29. The predicted molar refractivity (Wildman–Crippen MR) is 157 cm³/mol. The molecule has 0 heterocycles. The van der Waals surface area contributed by atoms with Crippen LogP contribution in [0.4, 0.5) is 13.2 Å². The largest absolute Gasteiger partial charge is 0.508 e. The van der Waals surface area contributed by atoms with E-state index in [4.69, 9.17) is 20.7 Å². The van der Waals surface area contributed by atoms with Crippen molar-refractivity contribution in [2.24, 2.45) is 5.73 Å². The summed E-state index contributed by atoms with van der Waals surface area (Å²) in [4.78, 5) is 72.0. The number of alkyl halides is 3. The second kappa shape index (κ2) is 18.7. The third kappa shape index (κ3) is 14.2. The van der Waals surface area contributed by atoms with Crippen LogP contribution in [0.15, 0.2) is 54.6 Å². The average molecular weight is 672 g/mol. The molecule has 2 rings (SSSR count). The Kier molecular flexibility index (Phi) is 15.8. The van der Waals surface area contributed by atoms with Gasteiger partial charge in [-0.15, -0.1) is 0 Å². The Balaban J connectivity index is 0.00000141. The Bertz CT molecular complexity index is 1380. The monoisotopic (exact) mass is 671 g/mol. The van der Waals surface area contributed by atoms with Gasteiger partial charge in [-0.2, -0.15) is 13.2 Å². The van der Waals surface area contributed by atoms with E-state index in [2.05, 4.69) is 16.0 Å². The number of nitrogens with zero attached hydrogens (tertiary/aromatic N) is 1. The first-order valence-electron chi connectivity index (χ1n) is 13.7. The van der Waals surface area contributed by atoms with Crippen LogP contribution in [0.1, 0.15) is 18.1 Å². The number of aliphatic carboxylic acids is 2. The summed E-state index contributed by atoms with van der Waals surface area (Å²) in [5.41, 5.74) is 7.34. The summed E-state index contributed by atoms with van der Waals surface area (Å²) in [7, 11) is 1.34. The Morgan fingerprint density at radius 1 is 0.851 bits per heavy atom. The number of carboxylic acid groups (broad SMARTS) is 2. The Hall–Kier alpha value is -5.23. The maximum Gasteiger partial charge on any atom is 0.490 e. The molecular formula is C29H36F3N5O10. The molecule has 4 amide bonds. The molecule has 0 saturated carbocycles. The highest BCUT2D eigenvalue weighted by Gasteiger charge is 2.38. The molecule has 0 spiro atoms. The Morgan fingerprint density at radius 3 is 1.87 bits per heavy atom. The number of hydrogen-bond donors (Lipinski definition) is 8. The molecule has 2 aromatic carbocycles.